The molecule has 0 saturated carbocycles. The number of sulfone groups is 1. The van der Waals surface area contributed by atoms with Crippen molar-refractivity contribution in [2.24, 2.45) is 4.99 Å². The molecule has 12 heteroatoms. The van der Waals surface area contributed by atoms with Crippen molar-refractivity contribution < 1.29 is 21.6 Å². The number of hydrogen-bond acceptors (Lipinski definition) is 6. The van der Waals surface area contributed by atoms with E-state index in [1.54, 1.807) is 13.8 Å². The molecule has 0 amide bonds. The third-order valence-corrected chi connectivity index (χ3v) is 6.81. The van der Waals surface area contributed by atoms with Gasteiger partial charge in [0.15, 0.2) is 15.8 Å². The number of aromatic nitrogens is 2. The molecule has 2 N–H and O–H groups in total. The van der Waals surface area contributed by atoms with Crippen molar-refractivity contribution in [3.8, 4) is 0 Å². The van der Waals surface area contributed by atoms with Gasteiger partial charge in [-0.1, -0.05) is 0 Å². The van der Waals surface area contributed by atoms with E-state index in [0.717, 1.165) is 12.3 Å². The van der Waals surface area contributed by atoms with E-state index in [2.05, 4.69) is 25.6 Å². The van der Waals surface area contributed by atoms with Crippen molar-refractivity contribution >= 4 is 21.7 Å². The molecule has 158 valence electrons. The van der Waals surface area contributed by atoms with Gasteiger partial charge in [-0.25, -0.2) is 18.4 Å². The van der Waals surface area contributed by atoms with Gasteiger partial charge in [0.1, 0.15) is 5.69 Å². The SMILES string of the molecule is CCNC(=NCCNc1nccc(C(F)(F)F)n1)N1CCS(=O)(=O)C(C)(C)C1. The first-order valence-electron chi connectivity index (χ1n) is 8.86. The van der Waals surface area contributed by atoms with Crippen molar-refractivity contribution in [2.45, 2.75) is 31.7 Å². The van der Waals surface area contributed by atoms with Crippen LogP contribution in [0, 0.1) is 0 Å². The van der Waals surface area contributed by atoms with Crippen LogP contribution in [0.5, 0.6) is 0 Å². The monoisotopic (exact) mass is 422 g/mol. The maximum Gasteiger partial charge on any atom is 0.433 e. The summed E-state index contributed by atoms with van der Waals surface area (Å²) in [7, 11) is -3.16. The number of guanidine groups is 1. The van der Waals surface area contributed by atoms with Gasteiger partial charge in [0.2, 0.25) is 5.95 Å². The molecule has 0 aliphatic carbocycles. The van der Waals surface area contributed by atoms with Crippen LogP contribution in [-0.2, 0) is 16.0 Å². The van der Waals surface area contributed by atoms with E-state index >= 15 is 0 Å². The average Bonchev–Trinajstić information content (AvgIpc) is 2.60. The molecular weight excluding hydrogens is 397 g/mol. The topological polar surface area (TPSA) is 99.6 Å². The second kappa shape index (κ2) is 8.50. The van der Waals surface area contributed by atoms with Crippen LogP contribution in [0.25, 0.3) is 0 Å². The molecule has 1 saturated heterocycles. The summed E-state index contributed by atoms with van der Waals surface area (Å²) in [5, 5.41) is 5.83. The number of rotatable bonds is 5. The van der Waals surface area contributed by atoms with E-state index in [1.807, 2.05) is 11.8 Å². The van der Waals surface area contributed by atoms with E-state index in [1.165, 1.54) is 0 Å². The molecule has 2 heterocycles. The molecule has 0 aromatic carbocycles. The minimum Gasteiger partial charge on any atom is -0.357 e. The first-order chi connectivity index (χ1) is 13.0. The molecule has 0 radical (unpaired) electrons. The highest BCUT2D eigenvalue weighted by molar-refractivity contribution is 7.92. The zero-order valence-corrected chi connectivity index (χ0v) is 16.9. The van der Waals surface area contributed by atoms with Gasteiger partial charge >= 0.3 is 6.18 Å². The molecule has 0 spiro atoms. The third-order valence-electron chi connectivity index (χ3n) is 4.28. The van der Waals surface area contributed by atoms with Crippen LogP contribution in [0.3, 0.4) is 0 Å². The largest absolute Gasteiger partial charge is 0.433 e. The Bertz CT molecular complexity index is 811. The molecule has 28 heavy (non-hydrogen) atoms. The predicted molar refractivity (Wildman–Crippen MR) is 101 cm³/mol. The zero-order valence-electron chi connectivity index (χ0n) is 16.0. The lowest BCUT2D eigenvalue weighted by atomic mass is 10.2. The number of hydrogen-bond donors (Lipinski definition) is 2. The maximum absolute atomic E-state index is 12.7. The van der Waals surface area contributed by atoms with Gasteiger partial charge in [0, 0.05) is 32.4 Å². The summed E-state index contributed by atoms with van der Waals surface area (Å²) >= 11 is 0. The first-order valence-corrected chi connectivity index (χ1v) is 10.5. The maximum atomic E-state index is 12.7. The highest BCUT2D eigenvalue weighted by Gasteiger charge is 2.41. The quantitative estimate of drug-likeness (QED) is 0.420. The molecule has 1 aromatic heterocycles. The van der Waals surface area contributed by atoms with Crippen molar-refractivity contribution in [1.82, 2.24) is 20.2 Å². The number of alkyl halides is 3. The Morgan fingerprint density at radius 2 is 2.11 bits per heavy atom. The molecule has 0 unspecified atom stereocenters. The van der Waals surface area contributed by atoms with Crippen LogP contribution >= 0.6 is 0 Å². The molecule has 1 aromatic rings. The van der Waals surface area contributed by atoms with Crippen molar-refractivity contribution in [2.75, 3.05) is 43.8 Å². The first kappa shape index (κ1) is 22.2. The Hall–Kier alpha value is -2.11. The number of nitrogens with zero attached hydrogens (tertiary/aromatic N) is 4. The summed E-state index contributed by atoms with van der Waals surface area (Å²) in [4.78, 5) is 13.5. The minimum atomic E-state index is -4.53. The molecule has 0 bridgehead atoms. The van der Waals surface area contributed by atoms with E-state index in [9.17, 15) is 21.6 Å². The van der Waals surface area contributed by atoms with Gasteiger partial charge in [0.05, 0.1) is 17.0 Å². The second-order valence-corrected chi connectivity index (χ2v) is 9.67. The summed E-state index contributed by atoms with van der Waals surface area (Å²) in [5.74, 6) is 0.484. The van der Waals surface area contributed by atoms with E-state index in [4.69, 9.17) is 0 Å². The minimum absolute atomic E-state index is 0.0424. The van der Waals surface area contributed by atoms with Crippen molar-refractivity contribution in [3.63, 3.8) is 0 Å². The normalized spacial score (nSPS) is 19.4. The van der Waals surface area contributed by atoms with Gasteiger partial charge < -0.3 is 15.5 Å². The fourth-order valence-corrected chi connectivity index (χ4v) is 4.05. The highest BCUT2D eigenvalue weighted by atomic mass is 32.2. The van der Waals surface area contributed by atoms with Crippen LogP contribution in [0.4, 0.5) is 19.1 Å². The second-order valence-electron chi connectivity index (χ2n) is 6.93. The zero-order chi connectivity index (χ0) is 21.0. The molecule has 1 fully saturated rings. The van der Waals surface area contributed by atoms with Crippen LogP contribution in [0.1, 0.15) is 26.5 Å². The lowest BCUT2D eigenvalue weighted by molar-refractivity contribution is -0.141. The van der Waals surface area contributed by atoms with Crippen molar-refractivity contribution in [1.29, 1.82) is 0 Å². The molecule has 1 aliphatic rings. The lowest BCUT2D eigenvalue weighted by Gasteiger charge is -2.39. The van der Waals surface area contributed by atoms with Gasteiger partial charge in [-0.05, 0) is 26.8 Å². The number of nitrogens with one attached hydrogen (secondary N) is 2. The van der Waals surface area contributed by atoms with Crippen LogP contribution in [0.15, 0.2) is 17.3 Å². The summed E-state index contributed by atoms with van der Waals surface area (Å²) in [5.41, 5.74) is -1.02. The van der Waals surface area contributed by atoms with Gasteiger partial charge in [-0.2, -0.15) is 13.2 Å². The van der Waals surface area contributed by atoms with E-state index < -0.39 is 26.5 Å². The summed E-state index contributed by atoms with van der Waals surface area (Å²) in [6.45, 7) is 7.00. The molecule has 2 rings (SSSR count). The number of aliphatic imine (C=N–C) groups is 1. The van der Waals surface area contributed by atoms with E-state index in [0.29, 0.717) is 25.6 Å². The van der Waals surface area contributed by atoms with Gasteiger partial charge in [-0.15, -0.1) is 0 Å². The molecule has 1 aliphatic heterocycles. The highest BCUT2D eigenvalue weighted by Crippen LogP contribution is 2.27. The Labute approximate surface area is 162 Å². The van der Waals surface area contributed by atoms with Gasteiger partial charge in [-0.3, -0.25) is 4.99 Å². The van der Waals surface area contributed by atoms with Crippen LogP contribution in [-0.4, -0.2) is 72.5 Å². The summed E-state index contributed by atoms with van der Waals surface area (Å²) in [6, 6.07) is 0.804. The van der Waals surface area contributed by atoms with E-state index in [-0.39, 0.29) is 24.8 Å². The van der Waals surface area contributed by atoms with Crippen LogP contribution in [0.2, 0.25) is 0 Å². The third kappa shape index (κ3) is 5.46. The van der Waals surface area contributed by atoms with Crippen LogP contribution < -0.4 is 10.6 Å². The molecule has 0 atom stereocenters. The fourth-order valence-electron chi connectivity index (χ4n) is 2.68. The Morgan fingerprint density at radius 3 is 2.71 bits per heavy atom. The Kier molecular flexibility index (Phi) is 6.73. The number of anilines is 1. The molecular formula is C16H25F3N6O2S. The molecule has 8 nitrogen and oxygen atoms in total. The number of halogens is 3. The standard InChI is InChI=1S/C16H25F3N6O2S/c1-4-20-14(25-9-10-28(26,27)15(2,3)11-25)23-8-7-22-13-21-6-5-12(24-13)16(17,18)19/h5-6H,4,7-11H2,1-3H3,(H,20,23)(H,21,22,24). The smallest absolute Gasteiger partial charge is 0.357 e. The van der Waals surface area contributed by atoms with Crippen molar-refractivity contribution in [3.05, 3.63) is 18.0 Å². The Morgan fingerprint density at radius 1 is 1.39 bits per heavy atom. The predicted octanol–water partition coefficient (Wildman–Crippen LogP) is 1.38. The fraction of sp³-hybridized carbons (Fsp3) is 0.688. The summed E-state index contributed by atoms with van der Waals surface area (Å²) in [6.07, 6.45) is -3.49. The van der Waals surface area contributed by atoms with Gasteiger partial charge in [0.25, 0.3) is 0 Å². The Balaban J connectivity index is 1.99. The lowest BCUT2D eigenvalue weighted by Crippen LogP contribution is -2.57. The summed E-state index contributed by atoms with van der Waals surface area (Å²) < 4.78 is 61.4. The average molecular weight is 422 g/mol.